The second-order valence-corrected chi connectivity index (χ2v) is 6.09. The highest BCUT2D eigenvalue weighted by Crippen LogP contribution is 2.36. The van der Waals surface area contributed by atoms with Gasteiger partial charge in [0.1, 0.15) is 27.6 Å². The van der Waals surface area contributed by atoms with Crippen molar-refractivity contribution in [1.82, 2.24) is 9.97 Å². The molecule has 0 amide bonds. The summed E-state index contributed by atoms with van der Waals surface area (Å²) in [7, 11) is 1.35. The molecular formula is C16H15N3O3S. The molecule has 23 heavy (non-hydrogen) atoms. The SMILES string of the molecule is COC(=O)c1sc2ncnc(Nc3cc(C)ccc3O)c2c1C. The number of methoxy groups -OCH3 is 1. The van der Waals surface area contributed by atoms with Crippen LogP contribution >= 0.6 is 11.3 Å². The van der Waals surface area contributed by atoms with Gasteiger partial charge in [-0.15, -0.1) is 11.3 Å². The van der Waals surface area contributed by atoms with Gasteiger partial charge in [-0.05, 0) is 37.1 Å². The van der Waals surface area contributed by atoms with Gasteiger partial charge in [0.15, 0.2) is 0 Å². The first kappa shape index (κ1) is 15.2. The number of fused-ring (bicyclic) bond motifs is 1. The van der Waals surface area contributed by atoms with Gasteiger partial charge in [0.05, 0.1) is 18.2 Å². The van der Waals surface area contributed by atoms with E-state index in [1.54, 1.807) is 6.07 Å². The van der Waals surface area contributed by atoms with Gasteiger partial charge in [-0.3, -0.25) is 0 Å². The van der Waals surface area contributed by atoms with Crippen molar-refractivity contribution < 1.29 is 14.6 Å². The quantitative estimate of drug-likeness (QED) is 0.565. The summed E-state index contributed by atoms with van der Waals surface area (Å²) in [5.74, 6) is 0.276. The van der Waals surface area contributed by atoms with Crippen molar-refractivity contribution in [3.05, 3.63) is 40.5 Å². The minimum absolute atomic E-state index is 0.128. The molecule has 0 saturated heterocycles. The zero-order valence-electron chi connectivity index (χ0n) is 12.9. The van der Waals surface area contributed by atoms with Crippen molar-refractivity contribution >= 4 is 39.0 Å². The minimum atomic E-state index is -0.394. The van der Waals surface area contributed by atoms with Crippen molar-refractivity contribution in [2.45, 2.75) is 13.8 Å². The zero-order chi connectivity index (χ0) is 16.6. The normalized spacial score (nSPS) is 10.7. The molecule has 2 aromatic heterocycles. The van der Waals surface area contributed by atoms with Crippen molar-refractivity contribution in [2.24, 2.45) is 0 Å². The fourth-order valence-electron chi connectivity index (χ4n) is 2.33. The Labute approximate surface area is 136 Å². The topological polar surface area (TPSA) is 84.3 Å². The summed E-state index contributed by atoms with van der Waals surface area (Å²) in [6, 6.07) is 5.27. The molecule has 0 radical (unpaired) electrons. The van der Waals surface area contributed by atoms with Crippen molar-refractivity contribution in [1.29, 1.82) is 0 Å². The molecule has 0 fully saturated rings. The second kappa shape index (κ2) is 5.85. The standard InChI is InChI=1S/C16H15N3O3S/c1-8-4-5-11(20)10(6-8)19-14-12-9(2)13(16(21)22-3)23-15(12)18-7-17-14/h4-7,20H,1-3H3,(H,17,18,19). The van der Waals surface area contributed by atoms with E-state index in [2.05, 4.69) is 15.3 Å². The second-order valence-electron chi connectivity index (χ2n) is 5.10. The van der Waals surface area contributed by atoms with E-state index in [4.69, 9.17) is 4.74 Å². The first-order valence-electron chi connectivity index (χ1n) is 6.90. The predicted molar refractivity (Wildman–Crippen MR) is 89.6 cm³/mol. The fraction of sp³-hybridized carbons (Fsp3) is 0.188. The molecule has 0 atom stereocenters. The molecule has 0 spiro atoms. The lowest BCUT2D eigenvalue weighted by molar-refractivity contribution is 0.0605. The third-order valence-corrected chi connectivity index (χ3v) is 4.68. The van der Waals surface area contributed by atoms with E-state index in [0.29, 0.717) is 21.2 Å². The third-order valence-electron chi connectivity index (χ3n) is 3.50. The fourth-order valence-corrected chi connectivity index (χ4v) is 3.40. The molecule has 2 heterocycles. The average molecular weight is 329 g/mol. The molecule has 3 rings (SSSR count). The van der Waals surface area contributed by atoms with Crippen molar-refractivity contribution in [2.75, 3.05) is 12.4 Å². The number of benzene rings is 1. The number of hydrogen-bond acceptors (Lipinski definition) is 7. The highest BCUT2D eigenvalue weighted by molar-refractivity contribution is 7.20. The Morgan fingerprint density at radius 2 is 2.09 bits per heavy atom. The molecule has 0 bridgehead atoms. The average Bonchev–Trinajstić information content (AvgIpc) is 2.88. The van der Waals surface area contributed by atoms with Gasteiger partial charge in [0.2, 0.25) is 0 Å². The molecule has 0 aliphatic carbocycles. The van der Waals surface area contributed by atoms with E-state index >= 15 is 0 Å². The van der Waals surface area contributed by atoms with Crippen molar-refractivity contribution in [3.63, 3.8) is 0 Å². The van der Waals surface area contributed by atoms with E-state index in [-0.39, 0.29) is 5.75 Å². The Kier molecular flexibility index (Phi) is 3.87. The number of carbonyl (C=O) groups is 1. The summed E-state index contributed by atoms with van der Waals surface area (Å²) in [6.45, 7) is 3.76. The van der Waals surface area contributed by atoms with Crippen LogP contribution in [0, 0.1) is 13.8 Å². The van der Waals surface area contributed by atoms with Crippen LogP contribution in [0.5, 0.6) is 5.75 Å². The Hall–Kier alpha value is -2.67. The number of ether oxygens (including phenoxy) is 1. The third kappa shape index (κ3) is 2.70. The van der Waals surface area contributed by atoms with Crippen molar-refractivity contribution in [3.8, 4) is 5.75 Å². The molecule has 3 aromatic rings. The van der Waals surface area contributed by atoms with E-state index < -0.39 is 5.97 Å². The largest absolute Gasteiger partial charge is 0.506 e. The maximum atomic E-state index is 11.9. The maximum absolute atomic E-state index is 11.9. The molecule has 118 valence electrons. The van der Waals surface area contributed by atoms with Crippen LogP contribution in [0.4, 0.5) is 11.5 Å². The number of nitrogens with one attached hydrogen (secondary N) is 1. The van der Waals surface area contributed by atoms with Gasteiger partial charge in [-0.2, -0.15) is 0 Å². The predicted octanol–water partition coefficient (Wildman–Crippen LogP) is 3.54. The van der Waals surface area contributed by atoms with Crippen LogP contribution in [0.15, 0.2) is 24.5 Å². The number of phenols is 1. The molecule has 2 N–H and O–H groups in total. The van der Waals surface area contributed by atoms with E-state index in [0.717, 1.165) is 16.5 Å². The van der Waals surface area contributed by atoms with Crippen LogP contribution in [-0.4, -0.2) is 28.2 Å². The molecule has 0 aliphatic rings. The Morgan fingerprint density at radius 3 is 2.83 bits per heavy atom. The van der Waals surface area contributed by atoms with Crippen LogP contribution in [-0.2, 0) is 4.74 Å². The van der Waals surface area contributed by atoms with Crippen LogP contribution in [0.3, 0.4) is 0 Å². The lowest BCUT2D eigenvalue weighted by Gasteiger charge is -2.10. The number of thiophene rings is 1. The van der Waals surface area contributed by atoms with E-state index in [1.165, 1.54) is 24.8 Å². The Bertz CT molecular complexity index is 905. The first-order chi connectivity index (χ1) is 11.0. The van der Waals surface area contributed by atoms with Gasteiger partial charge in [0.25, 0.3) is 0 Å². The van der Waals surface area contributed by atoms with Crippen LogP contribution in [0.2, 0.25) is 0 Å². The summed E-state index contributed by atoms with van der Waals surface area (Å²) in [5.41, 5.74) is 2.32. The highest BCUT2D eigenvalue weighted by Gasteiger charge is 2.20. The Balaban J connectivity index is 2.13. The van der Waals surface area contributed by atoms with Gasteiger partial charge in [-0.1, -0.05) is 6.07 Å². The molecule has 6 nitrogen and oxygen atoms in total. The lowest BCUT2D eigenvalue weighted by Crippen LogP contribution is -2.00. The summed E-state index contributed by atoms with van der Waals surface area (Å²) in [6.07, 6.45) is 1.43. The number of hydrogen-bond donors (Lipinski definition) is 2. The van der Waals surface area contributed by atoms with Gasteiger partial charge >= 0.3 is 5.97 Å². The number of aromatic nitrogens is 2. The summed E-state index contributed by atoms with van der Waals surface area (Å²) in [4.78, 5) is 21.5. The smallest absolute Gasteiger partial charge is 0.348 e. The lowest BCUT2D eigenvalue weighted by atomic mass is 10.2. The summed E-state index contributed by atoms with van der Waals surface area (Å²) < 4.78 is 4.80. The number of esters is 1. The summed E-state index contributed by atoms with van der Waals surface area (Å²) >= 11 is 1.26. The van der Waals surface area contributed by atoms with Gasteiger partial charge in [0, 0.05) is 0 Å². The Morgan fingerprint density at radius 1 is 1.30 bits per heavy atom. The molecule has 0 aliphatic heterocycles. The van der Waals surface area contributed by atoms with Crippen LogP contribution < -0.4 is 5.32 Å². The zero-order valence-corrected chi connectivity index (χ0v) is 13.7. The summed E-state index contributed by atoms with van der Waals surface area (Å²) in [5, 5.41) is 13.9. The van der Waals surface area contributed by atoms with Crippen LogP contribution in [0.1, 0.15) is 20.8 Å². The molecule has 1 aromatic carbocycles. The van der Waals surface area contributed by atoms with E-state index in [1.807, 2.05) is 26.0 Å². The monoisotopic (exact) mass is 329 g/mol. The van der Waals surface area contributed by atoms with Crippen LogP contribution in [0.25, 0.3) is 10.2 Å². The highest BCUT2D eigenvalue weighted by atomic mass is 32.1. The van der Waals surface area contributed by atoms with Gasteiger partial charge in [-0.25, -0.2) is 14.8 Å². The molecule has 0 unspecified atom stereocenters. The number of aromatic hydroxyl groups is 1. The van der Waals surface area contributed by atoms with E-state index in [9.17, 15) is 9.90 Å². The first-order valence-corrected chi connectivity index (χ1v) is 7.72. The number of rotatable bonds is 3. The number of carbonyl (C=O) groups excluding carboxylic acids is 1. The van der Waals surface area contributed by atoms with Gasteiger partial charge < -0.3 is 15.2 Å². The number of anilines is 2. The molecule has 0 saturated carbocycles. The molecule has 7 heteroatoms. The number of nitrogens with zero attached hydrogens (tertiary/aromatic N) is 2. The minimum Gasteiger partial charge on any atom is -0.506 e. The number of aryl methyl sites for hydroxylation is 2. The maximum Gasteiger partial charge on any atom is 0.348 e. The molecular weight excluding hydrogens is 314 g/mol. The number of phenolic OH excluding ortho intramolecular Hbond substituents is 1.